The topological polar surface area (TPSA) is 67.9 Å². The molecule has 2 rings (SSSR count). The van der Waals surface area contributed by atoms with Crippen molar-refractivity contribution in [3.63, 3.8) is 0 Å². The van der Waals surface area contributed by atoms with E-state index >= 15 is 0 Å². The average Bonchev–Trinajstić information content (AvgIpc) is 2.51. The van der Waals surface area contributed by atoms with Crippen LogP contribution in [0.25, 0.3) is 0 Å². The second-order valence-electron chi connectivity index (χ2n) is 5.94. The first-order valence-electron chi connectivity index (χ1n) is 7.20. The van der Waals surface area contributed by atoms with Gasteiger partial charge in [-0.05, 0) is 38.0 Å². The number of benzene rings is 1. The number of nitrogens with zero attached hydrogens (tertiary/aromatic N) is 1. The van der Waals surface area contributed by atoms with Crippen molar-refractivity contribution in [1.82, 2.24) is 10.2 Å². The number of carbonyl (C=O) groups excluding carboxylic acids is 2. The first-order valence-corrected chi connectivity index (χ1v) is 7.20. The molecular weight excluding hydrogens is 284 g/mol. The lowest BCUT2D eigenvalue weighted by molar-refractivity contribution is -0.138. The number of imide groups is 1. The van der Waals surface area contributed by atoms with E-state index in [1.54, 1.807) is 14.2 Å². The number of ether oxygens (including phenoxy) is 2. The summed E-state index contributed by atoms with van der Waals surface area (Å²) in [6.45, 7) is 4.37. The van der Waals surface area contributed by atoms with Gasteiger partial charge in [0.25, 0.3) is 0 Å². The fraction of sp³-hybridized carbons (Fsp3) is 0.500. The van der Waals surface area contributed by atoms with Crippen LogP contribution in [0.1, 0.15) is 19.4 Å². The van der Waals surface area contributed by atoms with Gasteiger partial charge in [0.2, 0.25) is 5.91 Å². The summed E-state index contributed by atoms with van der Waals surface area (Å²) < 4.78 is 10.5. The number of carbonyl (C=O) groups is 2. The second kappa shape index (κ2) is 6.25. The molecule has 1 aromatic rings. The fourth-order valence-electron chi connectivity index (χ4n) is 2.41. The van der Waals surface area contributed by atoms with Crippen LogP contribution >= 0.6 is 0 Å². The van der Waals surface area contributed by atoms with Crippen LogP contribution in [-0.2, 0) is 11.2 Å². The Hall–Kier alpha value is -2.24. The van der Waals surface area contributed by atoms with Gasteiger partial charge in [0.05, 0.1) is 19.6 Å². The fourth-order valence-corrected chi connectivity index (χ4v) is 2.41. The van der Waals surface area contributed by atoms with Gasteiger partial charge in [0.1, 0.15) is 0 Å². The smallest absolute Gasteiger partial charge is 0.324 e. The number of amides is 3. The van der Waals surface area contributed by atoms with Crippen LogP contribution in [0.5, 0.6) is 11.5 Å². The molecule has 1 saturated heterocycles. The molecule has 3 amide bonds. The maximum Gasteiger partial charge on any atom is 0.324 e. The van der Waals surface area contributed by atoms with Crippen LogP contribution in [-0.4, -0.2) is 44.1 Å². The molecule has 0 radical (unpaired) electrons. The van der Waals surface area contributed by atoms with Gasteiger partial charge in [-0.1, -0.05) is 6.07 Å². The molecular formula is C16H22N2O4. The number of methoxy groups -OCH3 is 2. The predicted octanol–water partition coefficient (Wildman–Crippen LogP) is 1.82. The molecule has 0 aliphatic carbocycles. The van der Waals surface area contributed by atoms with E-state index < -0.39 is 5.41 Å². The lowest BCUT2D eigenvalue weighted by Gasteiger charge is -2.36. The molecule has 1 aliphatic rings. The molecule has 0 bridgehead atoms. The summed E-state index contributed by atoms with van der Waals surface area (Å²) in [7, 11) is 3.15. The number of rotatable bonds is 5. The maximum absolute atomic E-state index is 12.3. The molecule has 0 saturated carbocycles. The van der Waals surface area contributed by atoms with Crippen LogP contribution in [0.2, 0.25) is 0 Å². The quantitative estimate of drug-likeness (QED) is 0.901. The molecule has 6 heteroatoms. The minimum atomic E-state index is -0.564. The van der Waals surface area contributed by atoms with Crippen molar-refractivity contribution in [1.29, 1.82) is 0 Å². The molecule has 1 aliphatic heterocycles. The van der Waals surface area contributed by atoms with E-state index in [0.29, 0.717) is 31.0 Å². The Morgan fingerprint density at radius 2 is 1.86 bits per heavy atom. The Morgan fingerprint density at radius 3 is 2.50 bits per heavy atom. The summed E-state index contributed by atoms with van der Waals surface area (Å²) in [5.41, 5.74) is 0.410. The van der Waals surface area contributed by atoms with Crippen molar-refractivity contribution >= 4 is 11.9 Å². The average molecular weight is 306 g/mol. The van der Waals surface area contributed by atoms with Crippen molar-refractivity contribution in [2.24, 2.45) is 5.41 Å². The largest absolute Gasteiger partial charge is 0.493 e. The second-order valence-corrected chi connectivity index (χ2v) is 5.94. The molecule has 1 aromatic carbocycles. The zero-order valence-corrected chi connectivity index (χ0v) is 13.4. The number of urea groups is 1. The highest BCUT2D eigenvalue weighted by Crippen LogP contribution is 2.28. The first-order chi connectivity index (χ1) is 10.4. The zero-order valence-electron chi connectivity index (χ0n) is 13.4. The van der Waals surface area contributed by atoms with Gasteiger partial charge < -0.3 is 14.8 Å². The van der Waals surface area contributed by atoms with E-state index in [4.69, 9.17) is 9.47 Å². The third kappa shape index (κ3) is 3.16. The van der Waals surface area contributed by atoms with E-state index in [-0.39, 0.29) is 11.9 Å². The predicted molar refractivity (Wildman–Crippen MR) is 82.1 cm³/mol. The zero-order chi connectivity index (χ0) is 16.3. The Kier molecular flexibility index (Phi) is 4.59. The lowest BCUT2D eigenvalue weighted by Crippen LogP contribution is -2.58. The maximum atomic E-state index is 12.3. The van der Waals surface area contributed by atoms with Crippen molar-refractivity contribution < 1.29 is 19.1 Å². The summed E-state index contributed by atoms with van der Waals surface area (Å²) in [6, 6.07) is 5.25. The lowest BCUT2D eigenvalue weighted by atomic mass is 9.90. The van der Waals surface area contributed by atoms with E-state index in [1.807, 2.05) is 32.0 Å². The number of hydrogen-bond acceptors (Lipinski definition) is 4. The SMILES string of the molecule is COc1ccc(CCN2C(=O)NCC(C)(C)C2=O)cc1OC. The normalized spacial score (nSPS) is 17.2. The van der Waals surface area contributed by atoms with Gasteiger partial charge in [-0.2, -0.15) is 0 Å². The Bertz CT molecular complexity index is 584. The number of nitrogens with one attached hydrogen (secondary N) is 1. The number of hydrogen-bond donors (Lipinski definition) is 1. The third-order valence-electron chi connectivity index (χ3n) is 3.82. The molecule has 0 spiro atoms. The molecule has 1 heterocycles. The highest BCUT2D eigenvalue weighted by atomic mass is 16.5. The van der Waals surface area contributed by atoms with Gasteiger partial charge >= 0.3 is 6.03 Å². The Morgan fingerprint density at radius 1 is 1.18 bits per heavy atom. The van der Waals surface area contributed by atoms with E-state index in [0.717, 1.165) is 5.56 Å². The summed E-state index contributed by atoms with van der Waals surface area (Å²) in [4.78, 5) is 25.5. The molecule has 0 aromatic heterocycles. The Labute approximate surface area is 130 Å². The van der Waals surface area contributed by atoms with Crippen LogP contribution in [0.15, 0.2) is 18.2 Å². The first kappa shape index (κ1) is 16.1. The molecule has 0 unspecified atom stereocenters. The monoisotopic (exact) mass is 306 g/mol. The van der Waals surface area contributed by atoms with Gasteiger partial charge in [0, 0.05) is 13.1 Å². The van der Waals surface area contributed by atoms with Crippen LogP contribution in [0, 0.1) is 5.41 Å². The van der Waals surface area contributed by atoms with E-state index in [2.05, 4.69) is 5.32 Å². The summed E-state index contributed by atoms with van der Waals surface area (Å²) in [5, 5.41) is 2.75. The highest BCUT2D eigenvalue weighted by molar-refractivity contribution is 5.99. The van der Waals surface area contributed by atoms with Crippen LogP contribution in [0.4, 0.5) is 4.79 Å². The summed E-state index contributed by atoms with van der Waals surface area (Å²) in [6.07, 6.45) is 0.565. The molecule has 22 heavy (non-hydrogen) atoms. The minimum absolute atomic E-state index is 0.142. The standard InChI is InChI=1S/C16H22N2O4/c1-16(2)10-17-15(20)18(14(16)19)8-7-11-5-6-12(21-3)13(9-11)22-4/h5-6,9H,7-8,10H2,1-4H3,(H,17,20). The van der Waals surface area contributed by atoms with Gasteiger partial charge in [-0.3, -0.25) is 9.69 Å². The minimum Gasteiger partial charge on any atom is -0.493 e. The Balaban J connectivity index is 2.09. The molecule has 6 nitrogen and oxygen atoms in total. The van der Waals surface area contributed by atoms with E-state index in [1.165, 1.54) is 4.90 Å². The molecule has 1 fully saturated rings. The third-order valence-corrected chi connectivity index (χ3v) is 3.82. The molecule has 1 N–H and O–H groups in total. The molecule has 0 atom stereocenters. The highest BCUT2D eigenvalue weighted by Gasteiger charge is 2.39. The molecule has 120 valence electrons. The van der Waals surface area contributed by atoms with Crippen LogP contribution < -0.4 is 14.8 Å². The van der Waals surface area contributed by atoms with Crippen molar-refractivity contribution in [2.45, 2.75) is 20.3 Å². The van der Waals surface area contributed by atoms with E-state index in [9.17, 15) is 9.59 Å². The van der Waals surface area contributed by atoms with Gasteiger partial charge in [0.15, 0.2) is 11.5 Å². The van der Waals surface area contributed by atoms with Gasteiger partial charge in [-0.15, -0.1) is 0 Å². The van der Waals surface area contributed by atoms with Gasteiger partial charge in [-0.25, -0.2) is 4.79 Å². The summed E-state index contributed by atoms with van der Waals surface area (Å²) >= 11 is 0. The summed E-state index contributed by atoms with van der Waals surface area (Å²) in [5.74, 6) is 1.14. The van der Waals surface area contributed by atoms with Crippen molar-refractivity contribution in [2.75, 3.05) is 27.3 Å². The van der Waals surface area contributed by atoms with Crippen molar-refractivity contribution in [3.8, 4) is 11.5 Å². The van der Waals surface area contributed by atoms with Crippen molar-refractivity contribution in [3.05, 3.63) is 23.8 Å². The van der Waals surface area contributed by atoms with Crippen LogP contribution in [0.3, 0.4) is 0 Å².